The topological polar surface area (TPSA) is 52.6 Å². The molecule has 1 aromatic rings. The Morgan fingerprint density at radius 3 is 2.96 bits per heavy atom. The third-order valence-electron chi connectivity index (χ3n) is 5.22. The molecule has 3 rings (SSSR count). The van der Waals surface area contributed by atoms with Crippen molar-refractivity contribution in [3.05, 3.63) is 29.6 Å². The third kappa shape index (κ3) is 3.83. The number of nitrogens with zero attached hydrogens (tertiary/aromatic N) is 1. The number of phenols is 1. The van der Waals surface area contributed by atoms with E-state index in [1.165, 1.54) is 57.3 Å². The number of hydrogen-bond acceptors (Lipinski definition) is 3. The van der Waals surface area contributed by atoms with E-state index in [4.69, 9.17) is 0 Å². The molecule has 2 atom stereocenters. The van der Waals surface area contributed by atoms with Gasteiger partial charge in [0.15, 0.2) is 0 Å². The molecular formula is C18H25FN2O2. The number of piperidine rings is 2. The SMILES string of the molecule is O=C(NCC[C@@H]1CCCN2CCCC[C@H]12)c1cc(O)ccc1F. The highest BCUT2D eigenvalue weighted by atomic mass is 19.1. The van der Waals surface area contributed by atoms with Crippen molar-refractivity contribution in [2.75, 3.05) is 19.6 Å². The molecule has 0 bridgehead atoms. The lowest BCUT2D eigenvalue weighted by Gasteiger charge is -2.44. The second-order valence-corrected chi connectivity index (χ2v) is 6.71. The summed E-state index contributed by atoms with van der Waals surface area (Å²) in [4.78, 5) is 14.7. The Morgan fingerprint density at radius 2 is 2.09 bits per heavy atom. The summed E-state index contributed by atoms with van der Waals surface area (Å²) >= 11 is 0. The van der Waals surface area contributed by atoms with E-state index in [-0.39, 0.29) is 11.3 Å². The summed E-state index contributed by atoms with van der Waals surface area (Å²) in [5.41, 5.74) is -0.0899. The van der Waals surface area contributed by atoms with Gasteiger partial charge in [-0.15, -0.1) is 0 Å². The predicted octanol–water partition coefficient (Wildman–Crippen LogP) is 2.92. The van der Waals surface area contributed by atoms with Gasteiger partial charge in [-0.3, -0.25) is 4.79 Å². The standard InChI is InChI=1S/C18H25FN2O2/c19-16-7-6-14(22)12-15(16)18(23)20-9-8-13-4-3-11-21-10-2-1-5-17(13)21/h6-7,12-13,17,22H,1-5,8-11H2,(H,20,23)/t13-,17+/m0/s1. The maximum atomic E-state index is 13.6. The van der Waals surface area contributed by atoms with Crippen molar-refractivity contribution in [2.45, 2.75) is 44.6 Å². The molecule has 0 aliphatic carbocycles. The Morgan fingerprint density at radius 1 is 1.26 bits per heavy atom. The Labute approximate surface area is 136 Å². The Balaban J connectivity index is 1.52. The van der Waals surface area contributed by atoms with Gasteiger partial charge in [0, 0.05) is 12.6 Å². The molecule has 4 nitrogen and oxygen atoms in total. The average molecular weight is 320 g/mol. The summed E-state index contributed by atoms with van der Waals surface area (Å²) < 4.78 is 13.6. The van der Waals surface area contributed by atoms with E-state index in [1.54, 1.807) is 0 Å². The van der Waals surface area contributed by atoms with Gasteiger partial charge in [0.25, 0.3) is 5.91 Å². The molecule has 0 aromatic heterocycles. The lowest BCUT2D eigenvalue weighted by molar-refractivity contribution is 0.0554. The van der Waals surface area contributed by atoms with Crippen LogP contribution in [0.1, 0.15) is 48.9 Å². The summed E-state index contributed by atoms with van der Waals surface area (Å²) in [5, 5.41) is 12.2. The zero-order valence-corrected chi connectivity index (χ0v) is 13.4. The van der Waals surface area contributed by atoms with Gasteiger partial charge in [-0.25, -0.2) is 4.39 Å². The first kappa shape index (κ1) is 16.2. The fourth-order valence-corrected chi connectivity index (χ4v) is 4.07. The minimum Gasteiger partial charge on any atom is -0.508 e. The fourth-order valence-electron chi connectivity index (χ4n) is 4.07. The molecule has 2 aliphatic rings. The van der Waals surface area contributed by atoms with Crippen LogP contribution in [0.2, 0.25) is 0 Å². The molecule has 2 saturated heterocycles. The molecule has 23 heavy (non-hydrogen) atoms. The number of fused-ring (bicyclic) bond motifs is 1. The predicted molar refractivity (Wildman–Crippen MR) is 87.0 cm³/mol. The van der Waals surface area contributed by atoms with Crippen molar-refractivity contribution in [3.8, 4) is 5.75 Å². The van der Waals surface area contributed by atoms with E-state index in [1.807, 2.05) is 0 Å². The van der Waals surface area contributed by atoms with Crippen LogP contribution in [0.15, 0.2) is 18.2 Å². The van der Waals surface area contributed by atoms with Crippen LogP contribution >= 0.6 is 0 Å². The molecule has 1 aromatic carbocycles. The van der Waals surface area contributed by atoms with Gasteiger partial charge in [0.1, 0.15) is 11.6 Å². The Bertz CT molecular complexity index is 562. The van der Waals surface area contributed by atoms with Crippen molar-refractivity contribution in [3.63, 3.8) is 0 Å². The normalized spacial score (nSPS) is 24.9. The van der Waals surface area contributed by atoms with E-state index in [0.717, 1.165) is 12.5 Å². The number of phenolic OH excluding ortho intramolecular Hbond substituents is 1. The molecule has 0 spiro atoms. The summed E-state index contributed by atoms with van der Waals surface area (Å²) in [6, 6.07) is 4.19. The molecule has 2 heterocycles. The lowest BCUT2D eigenvalue weighted by Crippen LogP contribution is -2.48. The molecular weight excluding hydrogens is 295 g/mol. The molecule has 0 unspecified atom stereocenters. The van der Waals surface area contributed by atoms with Gasteiger partial charge in [-0.1, -0.05) is 6.42 Å². The number of carbonyl (C=O) groups excluding carboxylic acids is 1. The quantitative estimate of drug-likeness (QED) is 0.897. The largest absolute Gasteiger partial charge is 0.508 e. The number of amides is 1. The van der Waals surface area contributed by atoms with E-state index < -0.39 is 11.7 Å². The molecule has 126 valence electrons. The summed E-state index contributed by atoms with van der Waals surface area (Å²) in [6.07, 6.45) is 7.26. The van der Waals surface area contributed by atoms with Crippen LogP contribution in [-0.2, 0) is 0 Å². The summed E-state index contributed by atoms with van der Waals surface area (Å²) in [7, 11) is 0. The van der Waals surface area contributed by atoms with Gasteiger partial charge >= 0.3 is 0 Å². The van der Waals surface area contributed by atoms with Gasteiger partial charge in [-0.2, -0.15) is 0 Å². The van der Waals surface area contributed by atoms with Gasteiger partial charge in [-0.05, 0) is 69.3 Å². The van der Waals surface area contributed by atoms with E-state index in [9.17, 15) is 14.3 Å². The number of halogens is 1. The smallest absolute Gasteiger partial charge is 0.254 e. The van der Waals surface area contributed by atoms with Crippen molar-refractivity contribution in [2.24, 2.45) is 5.92 Å². The monoisotopic (exact) mass is 320 g/mol. The van der Waals surface area contributed by atoms with Crippen LogP contribution in [0.25, 0.3) is 0 Å². The van der Waals surface area contributed by atoms with Gasteiger partial charge in [0.05, 0.1) is 5.56 Å². The van der Waals surface area contributed by atoms with Crippen LogP contribution < -0.4 is 5.32 Å². The number of rotatable bonds is 4. The van der Waals surface area contributed by atoms with Crippen LogP contribution in [0.4, 0.5) is 4.39 Å². The first-order valence-corrected chi connectivity index (χ1v) is 8.66. The number of aromatic hydroxyl groups is 1. The van der Waals surface area contributed by atoms with Crippen molar-refractivity contribution >= 4 is 5.91 Å². The number of carbonyl (C=O) groups is 1. The minimum atomic E-state index is -0.601. The minimum absolute atomic E-state index is 0.0899. The molecule has 5 heteroatoms. The second-order valence-electron chi connectivity index (χ2n) is 6.71. The maximum Gasteiger partial charge on any atom is 0.254 e. The van der Waals surface area contributed by atoms with Crippen molar-refractivity contribution < 1.29 is 14.3 Å². The average Bonchev–Trinajstić information content (AvgIpc) is 2.57. The van der Waals surface area contributed by atoms with E-state index in [2.05, 4.69) is 10.2 Å². The molecule has 2 aliphatic heterocycles. The second kappa shape index (κ2) is 7.30. The van der Waals surface area contributed by atoms with Crippen LogP contribution in [0.3, 0.4) is 0 Å². The summed E-state index contributed by atoms with van der Waals surface area (Å²) in [6.45, 7) is 2.98. The van der Waals surface area contributed by atoms with Gasteiger partial charge < -0.3 is 15.3 Å². The van der Waals surface area contributed by atoms with Crippen LogP contribution in [0, 0.1) is 11.7 Å². The summed E-state index contributed by atoms with van der Waals surface area (Å²) in [5.74, 6) is -0.522. The highest BCUT2D eigenvalue weighted by Crippen LogP contribution is 2.32. The Hall–Kier alpha value is -1.62. The number of nitrogens with one attached hydrogen (secondary N) is 1. The van der Waals surface area contributed by atoms with Crippen molar-refractivity contribution in [1.29, 1.82) is 0 Å². The fraction of sp³-hybridized carbons (Fsp3) is 0.611. The first-order chi connectivity index (χ1) is 11.1. The van der Waals surface area contributed by atoms with Crippen molar-refractivity contribution in [1.82, 2.24) is 10.2 Å². The third-order valence-corrected chi connectivity index (χ3v) is 5.22. The van der Waals surface area contributed by atoms with Crippen LogP contribution in [-0.4, -0.2) is 41.6 Å². The zero-order chi connectivity index (χ0) is 16.2. The zero-order valence-electron chi connectivity index (χ0n) is 13.4. The molecule has 0 saturated carbocycles. The van der Waals surface area contributed by atoms with Crippen LogP contribution in [0.5, 0.6) is 5.75 Å². The molecule has 2 N–H and O–H groups in total. The van der Waals surface area contributed by atoms with E-state index >= 15 is 0 Å². The molecule has 2 fully saturated rings. The highest BCUT2D eigenvalue weighted by Gasteiger charge is 2.32. The maximum absolute atomic E-state index is 13.6. The Kier molecular flexibility index (Phi) is 5.16. The highest BCUT2D eigenvalue weighted by molar-refractivity contribution is 5.94. The molecule has 1 amide bonds. The number of benzene rings is 1. The van der Waals surface area contributed by atoms with Gasteiger partial charge in [0.2, 0.25) is 0 Å². The van der Waals surface area contributed by atoms with E-state index in [0.29, 0.717) is 18.5 Å². The molecule has 0 radical (unpaired) electrons. The number of hydrogen-bond donors (Lipinski definition) is 2. The lowest BCUT2D eigenvalue weighted by atomic mass is 9.81. The first-order valence-electron chi connectivity index (χ1n) is 8.66.